The number of halogens is 1. The minimum Gasteiger partial charge on any atom is -0.508 e. The molecule has 318 valence electrons. The number of piperazine rings is 1. The maximum atomic E-state index is 16.4. The number of benzene rings is 4. The van der Waals surface area contributed by atoms with Gasteiger partial charge in [0.25, 0.3) is 5.91 Å². The van der Waals surface area contributed by atoms with Crippen LogP contribution in [0.25, 0.3) is 0 Å². The molecule has 1 aliphatic carbocycles. The molecule has 0 saturated carbocycles. The van der Waals surface area contributed by atoms with E-state index in [0.717, 1.165) is 111 Å². The normalized spacial score (nSPS) is 24.1. The second-order valence-corrected chi connectivity index (χ2v) is 17.9. The number of phenolic OH excluding ortho intramolecular Hbond substituents is 1. The van der Waals surface area contributed by atoms with Gasteiger partial charge in [0.2, 0.25) is 11.8 Å². The number of aryl methyl sites for hydroxylation is 2. The van der Waals surface area contributed by atoms with Crippen molar-refractivity contribution in [3.05, 3.63) is 111 Å². The Labute approximate surface area is 356 Å². The molecule has 3 fully saturated rings. The summed E-state index contributed by atoms with van der Waals surface area (Å²) >= 11 is 0. The minimum atomic E-state index is -0.659. The quantitative estimate of drug-likeness (QED) is 0.188. The van der Waals surface area contributed by atoms with Gasteiger partial charge in [-0.3, -0.25) is 24.6 Å². The predicted molar refractivity (Wildman–Crippen MR) is 230 cm³/mol. The molecule has 10 rings (SSSR count). The van der Waals surface area contributed by atoms with Crippen LogP contribution in [0.4, 0.5) is 15.8 Å². The van der Waals surface area contributed by atoms with Crippen molar-refractivity contribution in [2.75, 3.05) is 62.8 Å². The fourth-order valence-corrected chi connectivity index (χ4v) is 11.3. The summed E-state index contributed by atoms with van der Waals surface area (Å²) in [5.41, 5.74) is 8.25. The van der Waals surface area contributed by atoms with E-state index in [1.165, 1.54) is 5.56 Å². The Kier molecular flexibility index (Phi) is 10.4. The van der Waals surface area contributed by atoms with E-state index in [1.807, 2.05) is 31.2 Å². The number of phenols is 1. The molecule has 4 aromatic rings. The molecule has 3 amide bonds. The largest absolute Gasteiger partial charge is 0.508 e. The topological polar surface area (TPSA) is 115 Å². The Morgan fingerprint density at radius 1 is 0.885 bits per heavy atom. The number of hydrogen-bond donors (Lipinski definition) is 2. The van der Waals surface area contributed by atoms with Crippen LogP contribution in [0.3, 0.4) is 0 Å². The number of rotatable bonds is 8. The van der Waals surface area contributed by atoms with Crippen molar-refractivity contribution in [2.45, 2.75) is 82.3 Å². The third kappa shape index (κ3) is 7.16. The maximum Gasteiger partial charge on any atom is 0.255 e. The molecule has 4 atom stereocenters. The van der Waals surface area contributed by atoms with Crippen molar-refractivity contribution in [3.63, 3.8) is 0 Å². The number of hydrogen-bond acceptors (Lipinski definition) is 9. The van der Waals surface area contributed by atoms with Crippen LogP contribution in [0, 0.1) is 18.7 Å². The van der Waals surface area contributed by atoms with E-state index in [4.69, 9.17) is 9.47 Å². The standard InChI is InChI=1S/C49H54FN5O6/c1-29-22-42-47(38-27-55(49(59)45(29)38)40-12-13-44(57)51-48(40)58)61-28-33-26-52(20-21-54(33)42)17-14-30-15-18-53(19-16-30)41-25-43(60-2)37(24-39(41)50)46-35(31-6-4-3-5-7-31)10-8-32-23-34(56)9-11-36(32)46/h3-7,9,11,22-25,30,33,35,40,46,56H,8,10,12-21,26-28H2,1-2H3,(H,51,57,58)/t33-,35-,40+,46+/m1/s1. The van der Waals surface area contributed by atoms with E-state index < -0.39 is 11.9 Å². The molecule has 4 aromatic carbocycles. The van der Waals surface area contributed by atoms with Crippen molar-refractivity contribution in [2.24, 2.45) is 5.92 Å². The molecule has 5 aliphatic heterocycles. The summed E-state index contributed by atoms with van der Waals surface area (Å²) < 4.78 is 28.9. The van der Waals surface area contributed by atoms with Gasteiger partial charge >= 0.3 is 0 Å². The highest BCUT2D eigenvalue weighted by molar-refractivity contribution is 6.07. The predicted octanol–water partition coefficient (Wildman–Crippen LogP) is 6.66. The Morgan fingerprint density at radius 2 is 1.70 bits per heavy atom. The lowest BCUT2D eigenvalue weighted by Crippen LogP contribution is -2.57. The summed E-state index contributed by atoms with van der Waals surface area (Å²) in [5, 5.41) is 12.7. The lowest BCUT2D eigenvalue weighted by atomic mass is 9.69. The summed E-state index contributed by atoms with van der Waals surface area (Å²) in [5.74, 6) is 1.19. The fraction of sp³-hybridized carbons (Fsp3) is 0.449. The van der Waals surface area contributed by atoms with E-state index >= 15 is 4.39 Å². The van der Waals surface area contributed by atoms with Gasteiger partial charge in [-0.1, -0.05) is 36.4 Å². The van der Waals surface area contributed by atoms with Gasteiger partial charge in [-0.25, -0.2) is 4.39 Å². The zero-order valence-electron chi connectivity index (χ0n) is 35.0. The van der Waals surface area contributed by atoms with Gasteiger partial charge in [-0.05, 0) is 110 Å². The third-order valence-corrected chi connectivity index (χ3v) is 14.5. The van der Waals surface area contributed by atoms with Crippen molar-refractivity contribution in [1.29, 1.82) is 0 Å². The summed E-state index contributed by atoms with van der Waals surface area (Å²) in [6.45, 7) is 8.06. The Hall–Kier alpha value is -5.62. The monoisotopic (exact) mass is 827 g/mol. The van der Waals surface area contributed by atoms with Gasteiger partial charge in [0.15, 0.2) is 0 Å². The Bertz CT molecular complexity index is 2380. The molecule has 0 bridgehead atoms. The van der Waals surface area contributed by atoms with Crippen molar-refractivity contribution >= 4 is 29.1 Å². The number of anilines is 2. The van der Waals surface area contributed by atoms with E-state index in [9.17, 15) is 19.5 Å². The molecule has 3 saturated heterocycles. The van der Waals surface area contributed by atoms with E-state index in [0.29, 0.717) is 42.5 Å². The number of carbonyl (C=O) groups is 3. The van der Waals surface area contributed by atoms with Gasteiger partial charge in [-0.2, -0.15) is 0 Å². The summed E-state index contributed by atoms with van der Waals surface area (Å²) in [6, 6.07) is 21.3. The zero-order valence-corrected chi connectivity index (χ0v) is 35.0. The number of aromatic hydroxyl groups is 1. The lowest BCUT2D eigenvalue weighted by molar-refractivity contribution is -0.136. The van der Waals surface area contributed by atoms with Crippen LogP contribution in [0.15, 0.2) is 66.7 Å². The number of methoxy groups -OCH3 is 1. The van der Waals surface area contributed by atoms with Gasteiger partial charge in [0, 0.05) is 62.3 Å². The molecule has 12 heteroatoms. The Morgan fingerprint density at radius 3 is 2.49 bits per heavy atom. The summed E-state index contributed by atoms with van der Waals surface area (Å²) in [4.78, 5) is 46.8. The second kappa shape index (κ2) is 16.0. The summed E-state index contributed by atoms with van der Waals surface area (Å²) in [7, 11) is 1.68. The lowest BCUT2D eigenvalue weighted by Gasteiger charge is -2.46. The van der Waals surface area contributed by atoms with Crippen LogP contribution in [0.2, 0.25) is 0 Å². The summed E-state index contributed by atoms with van der Waals surface area (Å²) in [6.07, 6.45) is 5.38. The van der Waals surface area contributed by atoms with Gasteiger partial charge in [-0.15, -0.1) is 0 Å². The molecule has 5 heterocycles. The number of imide groups is 1. The van der Waals surface area contributed by atoms with Crippen LogP contribution in [0.5, 0.6) is 17.2 Å². The van der Waals surface area contributed by atoms with Crippen molar-refractivity contribution < 1.29 is 33.4 Å². The molecule has 0 spiro atoms. The molecule has 6 aliphatic rings. The highest BCUT2D eigenvalue weighted by Gasteiger charge is 2.44. The molecule has 0 aromatic heterocycles. The fourth-order valence-electron chi connectivity index (χ4n) is 11.3. The van der Waals surface area contributed by atoms with Crippen molar-refractivity contribution in [3.8, 4) is 17.2 Å². The number of nitrogens with zero attached hydrogens (tertiary/aromatic N) is 4. The van der Waals surface area contributed by atoms with Gasteiger partial charge in [0.05, 0.1) is 36.6 Å². The van der Waals surface area contributed by atoms with Gasteiger partial charge in [0.1, 0.15) is 35.7 Å². The number of fused-ring (bicyclic) bond motifs is 6. The number of ether oxygens (including phenoxy) is 2. The Balaban J connectivity index is 0.773. The SMILES string of the molecule is COc1cc(N2CCC(CCN3CCN4c5cc(C)c6c(c5OC[C@H]4C3)CN([C@H]3CCC(=O)NC3=O)C6=O)CC2)c(F)cc1[C@@H]1c2ccc(O)cc2CC[C@@H]1c1ccccc1. The van der Waals surface area contributed by atoms with E-state index in [2.05, 4.69) is 50.3 Å². The average Bonchev–Trinajstić information content (AvgIpc) is 3.62. The van der Waals surface area contributed by atoms with E-state index in [-0.39, 0.29) is 47.7 Å². The van der Waals surface area contributed by atoms with Gasteiger partial charge < -0.3 is 29.3 Å². The third-order valence-electron chi connectivity index (χ3n) is 14.5. The first-order valence-corrected chi connectivity index (χ1v) is 22.1. The van der Waals surface area contributed by atoms with Crippen molar-refractivity contribution in [1.82, 2.24) is 15.1 Å². The van der Waals surface area contributed by atoms with Crippen LogP contribution in [0.1, 0.15) is 94.1 Å². The number of carbonyl (C=O) groups excluding carboxylic acids is 3. The average molecular weight is 828 g/mol. The molecule has 61 heavy (non-hydrogen) atoms. The maximum absolute atomic E-state index is 16.4. The number of piperidine rings is 2. The smallest absolute Gasteiger partial charge is 0.255 e. The first-order valence-electron chi connectivity index (χ1n) is 22.1. The molecule has 11 nitrogen and oxygen atoms in total. The van der Waals surface area contributed by atoms with Crippen LogP contribution >= 0.6 is 0 Å². The molecule has 2 N–H and O–H groups in total. The first-order chi connectivity index (χ1) is 29.6. The molecule has 0 unspecified atom stereocenters. The molecule has 0 radical (unpaired) electrons. The number of nitrogens with one attached hydrogen (secondary N) is 1. The minimum absolute atomic E-state index is 0.110. The number of amides is 3. The van der Waals surface area contributed by atoms with Crippen LogP contribution < -0.4 is 24.6 Å². The van der Waals surface area contributed by atoms with Crippen LogP contribution in [-0.4, -0.2) is 97.7 Å². The van der Waals surface area contributed by atoms with Crippen LogP contribution in [-0.2, 0) is 22.6 Å². The highest BCUT2D eigenvalue weighted by Crippen LogP contribution is 2.51. The molecular weight excluding hydrogens is 774 g/mol. The van der Waals surface area contributed by atoms with E-state index in [1.54, 1.807) is 24.1 Å². The first kappa shape index (κ1) is 39.5. The molecular formula is C49H54FN5O6. The second-order valence-electron chi connectivity index (χ2n) is 17.9. The highest BCUT2D eigenvalue weighted by atomic mass is 19.1. The zero-order chi connectivity index (χ0) is 41.9.